The molecule has 2 aromatic rings. The zero-order chi connectivity index (χ0) is 13.7. The summed E-state index contributed by atoms with van der Waals surface area (Å²) in [6.45, 7) is 0. The van der Waals surface area contributed by atoms with Crippen LogP contribution in [0.1, 0.15) is 23.6 Å². The summed E-state index contributed by atoms with van der Waals surface area (Å²) >= 11 is 3.24. The third kappa shape index (κ3) is 3.64. The maximum Gasteiger partial charge on any atom is 0.142 e. The van der Waals surface area contributed by atoms with E-state index in [-0.39, 0.29) is 11.9 Å². The van der Waals surface area contributed by atoms with Crippen molar-refractivity contribution in [1.82, 2.24) is 5.32 Å². The first-order chi connectivity index (χ1) is 9.22. The molecule has 0 aromatic heterocycles. The average molecular weight is 322 g/mol. The Bertz CT molecular complexity index is 528. The Labute approximate surface area is 122 Å². The predicted molar refractivity (Wildman–Crippen MR) is 80.7 cm³/mol. The first-order valence-corrected chi connectivity index (χ1v) is 7.16. The zero-order valence-electron chi connectivity index (χ0n) is 10.9. The van der Waals surface area contributed by atoms with Gasteiger partial charge in [0.2, 0.25) is 0 Å². The monoisotopic (exact) mass is 321 g/mol. The normalized spacial score (nSPS) is 12.4. The highest BCUT2D eigenvalue weighted by molar-refractivity contribution is 9.10. The van der Waals surface area contributed by atoms with Crippen molar-refractivity contribution in [1.29, 1.82) is 0 Å². The van der Waals surface area contributed by atoms with Gasteiger partial charge in [0.15, 0.2) is 0 Å². The van der Waals surface area contributed by atoms with E-state index in [9.17, 15) is 4.39 Å². The summed E-state index contributed by atoms with van der Waals surface area (Å²) in [5, 5.41) is 3.20. The second-order valence-corrected chi connectivity index (χ2v) is 5.36. The molecule has 0 fully saturated rings. The Balaban J connectivity index is 2.10. The van der Waals surface area contributed by atoms with Gasteiger partial charge in [-0.1, -0.05) is 42.5 Å². The first-order valence-electron chi connectivity index (χ1n) is 6.37. The SMILES string of the molecule is CNC(CCc1ccccc1)c1cccc(Br)c1F. The summed E-state index contributed by atoms with van der Waals surface area (Å²) in [6, 6.07) is 15.7. The average Bonchev–Trinajstić information content (AvgIpc) is 2.45. The molecule has 3 heteroatoms. The van der Waals surface area contributed by atoms with Crippen LogP contribution in [-0.2, 0) is 6.42 Å². The molecule has 0 radical (unpaired) electrons. The Morgan fingerprint density at radius 3 is 2.53 bits per heavy atom. The predicted octanol–water partition coefficient (Wildman–Crippen LogP) is 4.48. The van der Waals surface area contributed by atoms with Gasteiger partial charge in [-0.15, -0.1) is 0 Å². The summed E-state index contributed by atoms with van der Waals surface area (Å²) in [6.07, 6.45) is 1.80. The van der Waals surface area contributed by atoms with Crippen LogP contribution in [0.15, 0.2) is 53.0 Å². The molecule has 0 amide bonds. The van der Waals surface area contributed by atoms with Crippen molar-refractivity contribution in [2.45, 2.75) is 18.9 Å². The lowest BCUT2D eigenvalue weighted by molar-refractivity contribution is 0.506. The van der Waals surface area contributed by atoms with Crippen molar-refractivity contribution in [3.63, 3.8) is 0 Å². The van der Waals surface area contributed by atoms with Crippen LogP contribution in [0.5, 0.6) is 0 Å². The van der Waals surface area contributed by atoms with Gasteiger partial charge >= 0.3 is 0 Å². The fraction of sp³-hybridized carbons (Fsp3) is 0.250. The van der Waals surface area contributed by atoms with Gasteiger partial charge in [0.1, 0.15) is 5.82 Å². The number of hydrogen-bond donors (Lipinski definition) is 1. The lowest BCUT2D eigenvalue weighted by Gasteiger charge is -2.18. The Morgan fingerprint density at radius 2 is 1.84 bits per heavy atom. The van der Waals surface area contributed by atoms with Crippen molar-refractivity contribution in [3.05, 3.63) is 69.9 Å². The van der Waals surface area contributed by atoms with Crippen LogP contribution in [0, 0.1) is 5.82 Å². The molecule has 0 saturated heterocycles. The molecule has 100 valence electrons. The topological polar surface area (TPSA) is 12.0 Å². The quantitative estimate of drug-likeness (QED) is 0.856. The molecule has 0 bridgehead atoms. The molecule has 0 saturated carbocycles. The van der Waals surface area contributed by atoms with Crippen LogP contribution in [0.3, 0.4) is 0 Å². The molecular weight excluding hydrogens is 305 g/mol. The van der Waals surface area contributed by atoms with Crippen molar-refractivity contribution >= 4 is 15.9 Å². The summed E-state index contributed by atoms with van der Waals surface area (Å²) in [5.74, 6) is -0.171. The highest BCUT2D eigenvalue weighted by atomic mass is 79.9. The van der Waals surface area contributed by atoms with E-state index < -0.39 is 0 Å². The van der Waals surface area contributed by atoms with Crippen LogP contribution >= 0.6 is 15.9 Å². The molecule has 1 atom stereocenters. The second-order valence-electron chi connectivity index (χ2n) is 4.51. The minimum absolute atomic E-state index is 0.0257. The standard InChI is InChI=1S/C16H17BrFN/c1-19-15(11-10-12-6-3-2-4-7-12)13-8-5-9-14(17)16(13)18/h2-9,15,19H,10-11H2,1H3. The first kappa shape index (κ1) is 14.2. The molecule has 19 heavy (non-hydrogen) atoms. The third-order valence-corrected chi connectivity index (χ3v) is 3.88. The number of nitrogens with one attached hydrogen (secondary N) is 1. The lowest BCUT2D eigenvalue weighted by Crippen LogP contribution is -2.18. The highest BCUT2D eigenvalue weighted by Crippen LogP contribution is 2.26. The molecule has 0 heterocycles. The zero-order valence-corrected chi connectivity index (χ0v) is 12.5. The number of aryl methyl sites for hydroxylation is 1. The van der Waals surface area contributed by atoms with Gasteiger partial charge in [0.05, 0.1) is 4.47 Å². The Morgan fingerprint density at radius 1 is 1.11 bits per heavy atom. The van der Waals surface area contributed by atoms with Crippen LogP contribution in [0.2, 0.25) is 0 Å². The van der Waals surface area contributed by atoms with E-state index in [2.05, 4.69) is 33.4 Å². The maximum absolute atomic E-state index is 14.1. The summed E-state index contributed by atoms with van der Waals surface area (Å²) in [7, 11) is 1.87. The molecule has 0 aliphatic rings. The van der Waals surface area contributed by atoms with Crippen molar-refractivity contribution in [2.24, 2.45) is 0 Å². The van der Waals surface area contributed by atoms with Gasteiger partial charge in [-0.05, 0) is 47.4 Å². The van der Waals surface area contributed by atoms with Crippen molar-refractivity contribution in [3.8, 4) is 0 Å². The molecule has 1 unspecified atom stereocenters. The minimum Gasteiger partial charge on any atom is -0.313 e. The van der Waals surface area contributed by atoms with E-state index in [1.165, 1.54) is 5.56 Å². The number of halogens is 2. The molecule has 0 spiro atoms. The van der Waals surface area contributed by atoms with Gasteiger partial charge in [-0.3, -0.25) is 0 Å². The summed E-state index contributed by atoms with van der Waals surface area (Å²) in [4.78, 5) is 0. The molecule has 0 aliphatic heterocycles. The Kier molecular flexibility index (Phi) is 5.11. The molecule has 0 aliphatic carbocycles. The van der Waals surface area contributed by atoms with Crippen LogP contribution < -0.4 is 5.32 Å². The Hall–Kier alpha value is -1.19. The van der Waals surface area contributed by atoms with Gasteiger partial charge in [-0.25, -0.2) is 4.39 Å². The smallest absolute Gasteiger partial charge is 0.142 e. The minimum atomic E-state index is -0.171. The van der Waals surface area contributed by atoms with E-state index in [4.69, 9.17) is 0 Å². The fourth-order valence-corrected chi connectivity index (χ4v) is 2.58. The molecule has 1 N–H and O–H groups in total. The molecular formula is C16H17BrFN. The van der Waals surface area contributed by atoms with E-state index >= 15 is 0 Å². The van der Waals surface area contributed by atoms with Gasteiger partial charge < -0.3 is 5.32 Å². The van der Waals surface area contributed by atoms with E-state index in [1.807, 2.05) is 37.4 Å². The van der Waals surface area contributed by atoms with Crippen molar-refractivity contribution in [2.75, 3.05) is 7.05 Å². The lowest BCUT2D eigenvalue weighted by atomic mass is 9.99. The fourth-order valence-electron chi connectivity index (χ4n) is 2.20. The van der Waals surface area contributed by atoms with Gasteiger partial charge in [0.25, 0.3) is 0 Å². The number of rotatable bonds is 5. The van der Waals surface area contributed by atoms with Crippen LogP contribution in [-0.4, -0.2) is 7.05 Å². The highest BCUT2D eigenvalue weighted by Gasteiger charge is 2.15. The third-order valence-electron chi connectivity index (χ3n) is 3.27. The summed E-state index contributed by atoms with van der Waals surface area (Å²) < 4.78 is 14.6. The largest absolute Gasteiger partial charge is 0.313 e. The van der Waals surface area contributed by atoms with Crippen LogP contribution in [0.25, 0.3) is 0 Å². The van der Waals surface area contributed by atoms with E-state index in [0.29, 0.717) is 10.0 Å². The molecule has 2 aromatic carbocycles. The second kappa shape index (κ2) is 6.83. The van der Waals surface area contributed by atoms with Crippen molar-refractivity contribution < 1.29 is 4.39 Å². The van der Waals surface area contributed by atoms with E-state index in [0.717, 1.165) is 12.8 Å². The van der Waals surface area contributed by atoms with Crippen LogP contribution in [0.4, 0.5) is 4.39 Å². The summed E-state index contributed by atoms with van der Waals surface area (Å²) in [5.41, 5.74) is 1.99. The number of hydrogen-bond acceptors (Lipinski definition) is 1. The van der Waals surface area contributed by atoms with Gasteiger partial charge in [-0.2, -0.15) is 0 Å². The van der Waals surface area contributed by atoms with E-state index in [1.54, 1.807) is 6.07 Å². The van der Waals surface area contributed by atoms with Gasteiger partial charge in [0, 0.05) is 11.6 Å². The number of benzene rings is 2. The molecule has 1 nitrogen and oxygen atoms in total. The molecule has 2 rings (SSSR count). The maximum atomic E-state index is 14.1.